The van der Waals surface area contributed by atoms with Gasteiger partial charge in [0.1, 0.15) is 35.1 Å². The van der Waals surface area contributed by atoms with Gasteiger partial charge in [0.25, 0.3) is 0 Å². The molecular weight excluding hydrogens is 972 g/mol. The number of hydrogen-bond acceptors (Lipinski definition) is 14. The molecule has 7 heterocycles. The summed E-state index contributed by atoms with van der Waals surface area (Å²) < 4.78 is 9.79. The van der Waals surface area contributed by atoms with E-state index in [2.05, 4.69) is 54.7 Å². The first-order valence-corrected chi connectivity index (χ1v) is 26.2. The van der Waals surface area contributed by atoms with Crippen molar-refractivity contribution >= 4 is 57.7 Å². The predicted octanol–water partition coefficient (Wildman–Crippen LogP) is 8.04. The maximum atomic E-state index is 14.3. The van der Waals surface area contributed by atoms with E-state index >= 15 is 0 Å². The number of hydrogen-bond donors (Lipinski definition) is 3. The number of aliphatic hydroxyl groups is 1. The molecule has 1 saturated carbocycles. The summed E-state index contributed by atoms with van der Waals surface area (Å²) in [6, 6.07) is 13.0. The number of likely N-dealkylation sites (tertiary alicyclic amines) is 1. The summed E-state index contributed by atoms with van der Waals surface area (Å²) in [7, 11) is 0. The molecule has 20 heteroatoms. The summed E-state index contributed by atoms with van der Waals surface area (Å²) in [4.78, 5) is 64.3. The summed E-state index contributed by atoms with van der Waals surface area (Å²) in [5.41, 5.74) is 9.79. The molecule has 0 spiro atoms. The van der Waals surface area contributed by atoms with Crippen LogP contribution in [-0.4, -0.2) is 104 Å². The molecule has 1 aliphatic carbocycles. The highest BCUT2D eigenvalue weighted by molar-refractivity contribution is 7.15. The van der Waals surface area contributed by atoms with Gasteiger partial charge in [-0.2, -0.15) is 5.10 Å². The Balaban J connectivity index is 0.743. The second kappa shape index (κ2) is 20.1. The Hall–Kier alpha value is -6.67. The first-order chi connectivity index (χ1) is 34.6. The predicted molar refractivity (Wildman–Crippen MR) is 276 cm³/mol. The van der Waals surface area contributed by atoms with E-state index in [1.807, 2.05) is 93.2 Å². The second-order valence-electron chi connectivity index (χ2n) is 19.2. The third kappa shape index (κ3) is 9.69. The molecule has 3 amide bonds. The minimum Gasteiger partial charge on any atom is -0.473 e. The van der Waals surface area contributed by atoms with Crippen molar-refractivity contribution in [2.75, 3.05) is 6.54 Å². The molecule has 72 heavy (non-hydrogen) atoms. The standard InChI is InChI=1S/C52H55ClN12O5S2/c1-26(2)47(51(69)63-24-38(66)18-42(63)50(68)58-28(4)32-8-10-34(11-9-32)48-29(5)56-25-71-48)64-23-35(20-57-64)41-21-55-44(22-54-41)70-39-16-37(17-39)59-43(67)19-40-49-62-61-31(7)65(49)52-45(27(3)30(6)72-52)46(60-40)33-12-14-36(53)15-13-33/h8-15,20-23,25-26,28,37-40,42,47,66H,16-19,24H2,1-7H3,(H,58,68)(H,59,67)/t28-,37-,38+,39-,40-,42-,47+/m0/s1. The van der Waals surface area contributed by atoms with Gasteiger partial charge in [0.05, 0.1) is 64.6 Å². The number of thiazole rings is 1. The summed E-state index contributed by atoms with van der Waals surface area (Å²) in [6.07, 6.45) is 6.93. The number of fused-ring (bicyclic) bond motifs is 3. The molecule has 1 saturated heterocycles. The normalized spacial score (nSPS) is 20.2. The summed E-state index contributed by atoms with van der Waals surface area (Å²) in [5.74, 6) is 0.725. The topological polar surface area (TPSA) is 208 Å². The van der Waals surface area contributed by atoms with Crippen molar-refractivity contribution in [3.8, 4) is 32.6 Å². The van der Waals surface area contributed by atoms with Gasteiger partial charge < -0.3 is 25.4 Å². The van der Waals surface area contributed by atoms with E-state index in [1.54, 1.807) is 52.1 Å². The van der Waals surface area contributed by atoms with Crippen LogP contribution in [0.5, 0.6) is 5.88 Å². The summed E-state index contributed by atoms with van der Waals surface area (Å²) in [5, 5.41) is 32.1. The van der Waals surface area contributed by atoms with Crippen LogP contribution in [0.25, 0.3) is 26.7 Å². The number of aliphatic hydroxyl groups excluding tert-OH is 1. The number of thiophene rings is 1. The Kier molecular flexibility index (Phi) is 13.7. The van der Waals surface area contributed by atoms with Gasteiger partial charge in [0.2, 0.25) is 23.6 Å². The lowest BCUT2D eigenvalue weighted by molar-refractivity contribution is -0.142. The number of aromatic nitrogens is 8. The van der Waals surface area contributed by atoms with Crippen LogP contribution in [0.2, 0.25) is 5.02 Å². The first kappa shape index (κ1) is 48.9. The van der Waals surface area contributed by atoms with Gasteiger partial charge in [-0.1, -0.05) is 61.8 Å². The maximum Gasteiger partial charge on any atom is 0.248 e. The fourth-order valence-corrected chi connectivity index (χ4v) is 11.9. The SMILES string of the molecule is Cc1ncsc1-c1ccc([C@H](C)NC(=O)[C@@H]2C[C@@H](O)CN2C(=O)[C@@H](C(C)C)n2cc(-c3cnc(O[C@H]4C[C@H](NC(=O)C[C@@H]5N=C(c6ccc(Cl)cc6)c6c(sc(C)c6C)-n6c(C)nnc65)C4)cn3)cn2)cc1. The molecule has 3 N–H and O–H groups in total. The van der Waals surface area contributed by atoms with Gasteiger partial charge in [-0.3, -0.25) is 28.6 Å². The molecule has 10 rings (SSSR count). The number of carbonyl (C=O) groups is 3. The number of benzene rings is 2. The third-order valence-electron chi connectivity index (χ3n) is 13.8. The Morgan fingerprint density at radius 1 is 0.903 bits per heavy atom. The molecule has 2 fully saturated rings. The maximum absolute atomic E-state index is 14.3. The lowest BCUT2D eigenvalue weighted by Gasteiger charge is -2.35. The van der Waals surface area contributed by atoms with Gasteiger partial charge in [0, 0.05) is 64.6 Å². The zero-order valence-electron chi connectivity index (χ0n) is 40.9. The number of rotatable bonds is 14. The monoisotopic (exact) mass is 1030 g/mol. The number of nitrogens with one attached hydrogen (secondary N) is 2. The van der Waals surface area contributed by atoms with Crippen LogP contribution in [0.15, 0.2) is 83.8 Å². The minimum absolute atomic E-state index is 0.0374. The Morgan fingerprint density at radius 3 is 2.35 bits per heavy atom. The number of aliphatic imine (C=N–C) groups is 1. The molecule has 0 radical (unpaired) electrons. The van der Waals surface area contributed by atoms with E-state index in [9.17, 15) is 19.5 Å². The zero-order chi connectivity index (χ0) is 50.5. The minimum atomic E-state index is -0.848. The Bertz CT molecular complexity index is 3180. The lowest BCUT2D eigenvalue weighted by Crippen LogP contribution is -2.49. The average Bonchev–Trinajstić information content (AvgIpc) is 4.19. The molecule has 5 aromatic heterocycles. The number of β-amino-alcohol motifs (C(OH)–C–C–N with tert-alkyl or cyclic N) is 1. The molecule has 2 aliphatic heterocycles. The largest absolute Gasteiger partial charge is 0.473 e. The van der Waals surface area contributed by atoms with Crippen molar-refractivity contribution in [3.63, 3.8) is 0 Å². The third-order valence-corrected chi connectivity index (χ3v) is 16.2. The molecule has 2 aromatic carbocycles. The van der Waals surface area contributed by atoms with Crippen LogP contribution in [0.1, 0.15) is 109 Å². The van der Waals surface area contributed by atoms with Crippen LogP contribution >= 0.6 is 34.3 Å². The molecule has 17 nitrogen and oxygen atoms in total. The highest BCUT2D eigenvalue weighted by atomic mass is 35.5. The number of ether oxygens (including phenoxy) is 1. The van der Waals surface area contributed by atoms with Crippen molar-refractivity contribution in [1.29, 1.82) is 0 Å². The second-order valence-corrected chi connectivity index (χ2v) is 21.7. The quantitative estimate of drug-likeness (QED) is 0.0950. The first-order valence-electron chi connectivity index (χ1n) is 24.1. The van der Waals surface area contributed by atoms with Crippen molar-refractivity contribution < 1.29 is 24.2 Å². The van der Waals surface area contributed by atoms with Crippen molar-refractivity contribution in [2.45, 2.75) is 117 Å². The molecule has 5 atom stereocenters. The van der Waals surface area contributed by atoms with Crippen molar-refractivity contribution in [2.24, 2.45) is 10.9 Å². The molecule has 372 valence electrons. The number of aryl methyl sites for hydroxylation is 3. The van der Waals surface area contributed by atoms with E-state index in [0.29, 0.717) is 40.8 Å². The van der Waals surface area contributed by atoms with Gasteiger partial charge >= 0.3 is 0 Å². The van der Waals surface area contributed by atoms with Crippen LogP contribution in [0.4, 0.5) is 0 Å². The van der Waals surface area contributed by atoms with Crippen LogP contribution < -0.4 is 15.4 Å². The van der Waals surface area contributed by atoms with Crippen LogP contribution in [0.3, 0.4) is 0 Å². The number of halogens is 1. The van der Waals surface area contributed by atoms with E-state index in [-0.39, 0.29) is 61.2 Å². The zero-order valence-corrected chi connectivity index (χ0v) is 43.3. The van der Waals surface area contributed by atoms with Gasteiger partial charge in [-0.05, 0) is 69.4 Å². The number of nitrogens with zero attached hydrogens (tertiary/aromatic N) is 10. The summed E-state index contributed by atoms with van der Waals surface area (Å²) in [6.45, 7) is 13.9. The fourth-order valence-electron chi connectivity index (χ4n) is 9.77. The summed E-state index contributed by atoms with van der Waals surface area (Å²) >= 11 is 9.52. The molecule has 3 aliphatic rings. The Morgan fingerprint density at radius 2 is 1.65 bits per heavy atom. The Labute approximate surface area is 429 Å². The van der Waals surface area contributed by atoms with Crippen molar-refractivity contribution in [1.82, 2.24) is 55.0 Å². The highest BCUT2D eigenvalue weighted by Crippen LogP contribution is 2.40. The molecule has 0 bridgehead atoms. The molecule has 7 aromatic rings. The van der Waals surface area contributed by atoms with Crippen molar-refractivity contribution in [3.05, 3.63) is 128 Å². The molecular formula is C52H55ClN12O5S2. The smallest absolute Gasteiger partial charge is 0.248 e. The fraction of sp³-hybridized carbons (Fsp3) is 0.385. The average molecular weight is 1030 g/mol. The van der Waals surface area contributed by atoms with E-state index < -0.39 is 24.2 Å². The number of amides is 3. The number of carbonyl (C=O) groups excluding carboxylic acids is 3. The molecule has 0 unspecified atom stereocenters. The van der Waals surface area contributed by atoms with E-state index in [4.69, 9.17) is 21.3 Å². The lowest BCUT2D eigenvalue weighted by atomic mass is 9.89. The highest BCUT2D eigenvalue weighted by Gasteiger charge is 2.43. The van der Waals surface area contributed by atoms with E-state index in [0.717, 1.165) is 54.9 Å². The van der Waals surface area contributed by atoms with Gasteiger partial charge in [-0.25, -0.2) is 15.0 Å². The van der Waals surface area contributed by atoms with Gasteiger partial charge in [-0.15, -0.1) is 32.9 Å². The van der Waals surface area contributed by atoms with E-state index in [1.165, 1.54) is 9.78 Å². The van der Waals surface area contributed by atoms with Crippen LogP contribution in [-0.2, 0) is 14.4 Å². The van der Waals surface area contributed by atoms with Crippen LogP contribution in [0, 0.1) is 33.6 Å². The van der Waals surface area contributed by atoms with Gasteiger partial charge in [0.15, 0.2) is 5.82 Å².